The number of thioether (sulfide) groups is 1. The van der Waals surface area contributed by atoms with Crippen LogP contribution in [0.15, 0.2) is 58.8 Å². The number of benzene rings is 1. The van der Waals surface area contributed by atoms with Crippen molar-refractivity contribution < 1.29 is 14.0 Å². The second kappa shape index (κ2) is 8.71. The first kappa shape index (κ1) is 20.2. The first-order valence-corrected chi connectivity index (χ1v) is 10.7. The van der Waals surface area contributed by atoms with Crippen molar-refractivity contribution in [2.24, 2.45) is 0 Å². The smallest absolute Gasteiger partial charge is 0.227 e. The summed E-state index contributed by atoms with van der Waals surface area (Å²) >= 11 is 1.34. The van der Waals surface area contributed by atoms with E-state index in [1.54, 1.807) is 29.4 Å². The molecule has 1 saturated heterocycles. The summed E-state index contributed by atoms with van der Waals surface area (Å²) in [7, 11) is 0. The highest BCUT2D eigenvalue weighted by Crippen LogP contribution is 2.28. The van der Waals surface area contributed by atoms with E-state index in [2.05, 4.69) is 16.8 Å². The summed E-state index contributed by atoms with van der Waals surface area (Å²) in [5.41, 5.74) is 2.32. The molecule has 0 atom stereocenters. The number of allylic oxidation sites excluding steroid dienone is 1. The third kappa shape index (κ3) is 3.95. The summed E-state index contributed by atoms with van der Waals surface area (Å²) in [4.78, 5) is 26.3. The van der Waals surface area contributed by atoms with Crippen LogP contribution in [-0.2, 0) is 11.3 Å². The fourth-order valence-electron chi connectivity index (χ4n) is 3.47. The van der Waals surface area contributed by atoms with Gasteiger partial charge in [-0.1, -0.05) is 17.8 Å². The Bertz CT molecular complexity index is 1080. The molecular formula is C22H22N4O3S. The zero-order valence-electron chi connectivity index (χ0n) is 16.7. The molecule has 1 aromatic carbocycles. The monoisotopic (exact) mass is 422 g/mol. The molecule has 0 bridgehead atoms. The van der Waals surface area contributed by atoms with Gasteiger partial charge >= 0.3 is 0 Å². The standard InChI is InChI=1S/C22H22N4O3S/c1-3-11-26-21(18-10-13-29-15(18)2)23-24-22(26)30-14-19(27)16-6-8-17(9-7-16)25-12-4-5-20(25)28/h3,6-10,13H,1,4-5,11-12,14H2,2H3. The highest BCUT2D eigenvalue weighted by molar-refractivity contribution is 7.99. The van der Waals surface area contributed by atoms with Gasteiger partial charge in [0.1, 0.15) is 5.76 Å². The van der Waals surface area contributed by atoms with Crippen LogP contribution in [0.25, 0.3) is 11.4 Å². The average Bonchev–Trinajstić information content (AvgIpc) is 3.47. The molecule has 1 aliphatic rings. The van der Waals surface area contributed by atoms with Crippen LogP contribution in [0, 0.1) is 6.92 Å². The van der Waals surface area contributed by atoms with Gasteiger partial charge in [-0.05, 0) is 43.7 Å². The van der Waals surface area contributed by atoms with Gasteiger partial charge in [0.05, 0.1) is 17.6 Å². The summed E-state index contributed by atoms with van der Waals surface area (Å²) in [6.45, 7) is 6.94. The Hall–Kier alpha value is -3.13. The number of aromatic nitrogens is 3. The number of carbonyl (C=O) groups is 2. The molecule has 8 heteroatoms. The molecule has 1 amide bonds. The minimum Gasteiger partial charge on any atom is -0.469 e. The molecule has 4 rings (SSSR count). The molecule has 1 aliphatic heterocycles. The van der Waals surface area contributed by atoms with Crippen LogP contribution in [0.5, 0.6) is 0 Å². The highest BCUT2D eigenvalue weighted by atomic mass is 32.2. The lowest BCUT2D eigenvalue weighted by molar-refractivity contribution is -0.117. The topological polar surface area (TPSA) is 81.2 Å². The Kier molecular flexibility index (Phi) is 5.85. The van der Waals surface area contributed by atoms with E-state index in [0.717, 1.165) is 30.0 Å². The van der Waals surface area contributed by atoms with E-state index in [9.17, 15) is 9.59 Å². The van der Waals surface area contributed by atoms with E-state index >= 15 is 0 Å². The lowest BCUT2D eigenvalue weighted by Gasteiger charge is -2.15. The number of ketones is 1. The summed E-state index contributed by atoms with van der Waals surface area (Å²) in [5.74, 6) is 1.82. The number of aryl methyl sites for hydroxylation is 1. The summed E-state index contributed by atoms with van der Waals surface area (Å²) < 4.78 is 7.30. The maximum atomic E-state index is 12.7. The fraction of sp³-hybridized carbons (Fsp3) is 0.273. The van der Waals surface area contributed by atoms with Crippen LogP contribution in [0.2, 0.25) is 0 Å². The predicted octanol–water partition coefficient (Wildman–Crippen LogP) is 4.13. The lowest BCUT2D eigenvalue weighted by Crippen LogP contribution is -2.23. The maximum Gasteiger partial charge on any atom is 0.227 e. The molecule has 30 heavy (non-hydrogen) atoms. The molecule has 0 radical (unpaired) electrons. The van der Waals surface area contributed by atoms with E-state index in [1.807, 2.05) is 29.7 Å². The molecule has 7 nitrogen and oxygen atoms in total. The van der Waals surface area contributed by atoms with Crippen molar-refractivity contribution in [3.05, 3.63) is 60.6 Å². The van der Waals surface area contributed by atoms with Crippen molar-refractivity contribution >= 4 is 29.1 Å². The second-order valence-electron chi connectivity index (χ2n) is 7.00. The van der Waals surface area contributed by atoms with Gasteiger partial charge < -0.3 is 9.32 Å². The van der Waals surface area contributed by atoms with Gasteiger partial charge in [-0.2, -0.15) is 0 Å². The van der Waals surface area contributed by atoms with Crippen molar-refractivity contribution in [1.82, 2.24) is 14.8 Å². The molecule has 0 saturated carbocycles. The van der Waals surface area contributed by atoms with Crippen LogP contribution < -0.4 is 4.90 Å². The van der Waals surface area contributed by atoms with Crippen molar-refractivity contribution in [2.45, 2.75) is 31.5 Å². The predicted molar refractivity (Wildman–Crippen MR) is 116 cm³/mol. The lowest BCUT2D eigenvalue weighted by atomic mass is 10.1. The highest BCUT2D eigenvalue weighted by Gasteiger charge is 2.22. The van der Waals surface area contributed by atoms with Crippen molar-refractivity contribution in [2.75, 3.05) is 17.2 Å². The molecule has 2 aromatic heterocycles. The quantitative estimate of drug-likeness (QED) is 0.308. The number of carbonyl (C=O) groups excluding carboxylic acids is 2. The first-order chi connectivity index (χ1) is 14.6. The van der Waals surface area contributed by atoms with Gasteiger partial charge in [0.25, 0.3) is 0 Å². The van der Waals surface area contributed by atoms with Crippen molar-refractivity contribution in [1.29, 1.82) is 0 Å². The van der Waals surface area contributed by atoms with Gasteiger partial charge in [-0.25, -0.2) is 0 Å². The largest absolute Gasteiger partial charge is 0.469 e. The molecule has 0 N–H and O–H groups in total. The Morgan fingerprint density at radius 1 is 1.27 bits per heavy atom. The molecule has 0 unspecified atom stereocenters. The van der Waals surface area contributed by atoms with E-state index < -0.39 is 0 Å². The van der Waals surface area contributed by atoms with Crippen molar-refractivity contribution in [3.8, 4) is 11.4 Å². The van der Waals surface area contributed by atoms with Crippen LogP contribution in [-0.4, -0.2) is 38.8 Å². The number of rotatable bonds is 8. The molecule has 3 heterocycles. The zero-order valence-corrected chi connectivity index (χ0v) is 17.5. The van der Waals surface area contributed by atoms with Crippen LogP contribution in [0.3, 0.4) is 0 Å². The Balaban J connectivity index is 1.46. The number of hydrogen-bond acceptors (Lipinski definition) is 6. The summed E-state index contributed by atoms with van der Waals surface area (Å²) in [6.07, 6.45) is 4.85. The van der Waals surface area contributed by atoms with Gasteiger partial charge in [0.15, 0.2) is 16.8 Å². The van der Waals surface area contributed by atoms with Crippen LogP contribution in [0.4, 0.5) is 5.69 Å². The number of furan rings is 1. The second-order valence-corrected chi connectivity index (χ2v) is 7.95. The summed E-state index contributed by atoms with van der Waals surface area (Å²) in [6, 6.07) is 9.07. The minimum atomic E-state index is -0.00602. The third-order valence-corrected chi connectivity index (χ3v) is 6.00. The van der Waals surface area contributed by atoms with Gasteiger partial charge in [0, 0.05) is 30.8 Å². The van der Waals surface area contributed by atoms with Crippen LogP contribution in [0.1, 0.15) is 29.0 Å². The maximum absolute atomic E-state index is 12.7. The molecule has 1 fully saturated rings. The average molecular weight is 423 g/mol. The zero-order chi connectivity index (χ0) is 21.1. The van der Waals surface area contributed by atoms with Crippen LogP contribution >= 0.6 is 11.8 Å². The first-order valence-electron chi connectivity index (χ1n) is 9.73. The number of anilines is 1. The molecule has 3 aromatic rings. The molecular weight excluding hydrogens is 400 g/mol. The summed E-state index contributed by atoms with van der Waals surface area (Å²) in [5, 5.41) is 9.20. The molecule has 154 valence electrons. The number of Topliss-reactive ketones (excluding diaryl/α,β-unsaturated/α-hetero) is 1. The van der Waals surface area contributed by atoms with E-state index in [1.165, 1.54) is 11.8 Å². The van der Waals surface area contributed by atoms with Crippen molar-refractivity contribution in [3.63, 3.8) is 0 Å². The number of hydrogen-bond donors (Lipinski definition) is 0. The Morgan fingerprint density at radius 2 is 2.07 bits per heavy atom. The minimum absolute atomic E-state index is 0.00602. The van der Waals surface area contributed by atoms with E-state index in [0.29, 0.717) is 29.5 Å². The number of amides is 1. The van der Waals surface area contributed by atoms with Gasteiger partial charge in [0.2, 0.25) is 5.91 Å². The molecule has 0 aliphatic carbocycles. The Morgan fingerprint density at radius 3 is 2.70 bits per heavy atom. The normalized spacial score (nSPS) is 13.8. The Labute approximate surface area is 178 Å². The molecule has 0 spiro atoms. The number of nitrogens with zero attached hydrogens (tertiary/aromatic N) is 4. The van der Waals surface area contributed by atoms with E-state index in [-0.39, 0.29) is 17.4 Å². The SMILES string of the molecule is C=CCn1c(SCC(=O)c2ccc(N3CCCC3=O)cc2)nnc1-c1ccoc1C. The third-order valence-electron chi connectivity index (χ3n) is 5.03. The van der Waals surface area contributed by atoms with Gasteiger partial charge in [-0.3, -0.25) is 14.2 Å². The fourth-order valence-corrected chi connectivity index (χ4v) is 4.31. The van der Waals surface area contributed by atoms with E-state index in [4.69, 9.17) is 4.42 Å². The van der Waals surface area contributed by atoms with Gasteiger partial charge in [-0.15, -0.1) is 16.8 Å².